The summed E-state index contributed by atoms with van der Waals surface area (Å²) in [5.74, 6) is -1.53. The number of carbonyl (C=O) groups is 2. The normalized spacial score (nSPS) is 12.6. The summed E-state index contributed by atoms with van der Waals surface area (Å²) in [7, 11) is -1.71. The molecule has 0 unspecified atom stereocenters. The van der Waals surface area contributed by atoms with Gasteiger partial charge in [0.25, 0.3) is 10.0 Å². The molecule has 0 aliphatic rings. The van der Waals surface area contributed by atoms with E-state index in [2.05, 4.69) is 14.2 Å². The van der Waals surface area contributed by atoms with Crippen molar-refractivity contribution in [1.29, 1.82) is 0 Å². The standard InChI is InChI=1S/C15H17NO6S3/c1-8-11(13(17)21-3)15(24-12(8)14(18)22-4)25(19,20)16-9(2)10-6-5-7-23-10/h5-7,9,16H,1-4H3/t9-/m1/s1. The molecule has 0 bridgehead atoms. The summed E-state index contributed by atoms with van der Waals surface area (Å²) in [5.41, 5.74) is 0.0617. The molecule has 0 amide bonds. The van der Waals surface area contributed by atoms with Gasteiger partial charge in [0, 0.05) is 4.88 Å². The Morgan fingerprint density at radius 2 is 1.84 bits per heavy atom. The van der Waals surface area contributed by atoms with E-state index in [-0.39, 0.29) is 20.2 Å². The van der Waals surface area contributed by atoms with Crippen LogP contribution < -0.4 is 4.72 Å². The smallest absolute Gasteiger partial charge is 0.348 e. The predicted octanol–water partition coefficient (Wildman–Crippen LogP) is 2.73. The first-order valence-electron chi connectivity index (χ1n) is 7.08. The Labute approximate surface area is 153 Å². The van der Waals surface area contributed by atoms with Crippen LogP contribution in [0, 0.1) is 6.92 Å². The first kappa shape index (κ1) is 19.6. The molecule has 0 saturated heterocycles. The molecule has 0 aliphatic heterocycles. The molecule has 0 saturated carbocycles. The molecule has 0 aliphatic carbocycles. The number of thiophene rings is 2. The van der Waals surface area contributed by atoms with Crippen molar-refractivity contribution in [3.63, 3.8) is 0 Å². The molecule has 0 aromatic carbocycles. The zero-order valence-electron chi connectivity index (χ0n) is 14.0. The Kier molecular flexibility index (Phi) is 5.99. The second kappa shape index (κ2) is 7.65. The van der Waals surface area contributed by atoms with E-state index in [9.17, 15) is 18.0 Å². The molecular formula is C15H17NO6S3. The van der Waals surface area contributed by atoms with Gasteiger partial charge in [-0.05, 0) is 30.9 Å². The van der Waals surface area contributed by atoms with Crippen molar-refractivity contribution in [1.82, 2.24) is 4.72 Å². The molecule has 10 heteroatoms. The summed E-state index contributed by atoms with van der Waals surface area (Å²) in [6.07, 6.45) is 0. The average Bonchev–Trinajstić information content (AvgIpc) is 3.21. The minimum atomic E-state index is -4.05. The number of sulfonamides is 1. The molecule has 0 fully saturated rings. The number of esters is 2. The lowest BCUT2D eigenvalue weighted by molar-refractivity contribution is 0.0596. The van der Waals surface area contributed by atoms with Crippen LogP contribution in [0.4, 0.5) is 0 Å². The van der Waals surface area contributed by atoms with Crippen molar-refractivity contribution in [3.8, 4) is 0 Å². The monoisotopic (exact) mass is 403 g/mol. The van der Waals surface area contributed by atoms with Crippen LogP contribution >= 0.6 is 22.7 Å². The molecule has 0 spiro atoms. The molecule has 1 atom stereocenters. The fourth-order valence-electron chi connectivity index (χ4n) is 2.18. The number of rotatable bonds is 6. The van der Waals surface area contributed by atoms with Crippen LogP contribution in [0.3, 0.4) is 0 Å². The molecule has 7 nitrogen and oxygen atoms in total. The van der Waals surface area contributed by atoms with Gasteiger partial charge in [0.2, 0.25) is 0 Å². The van der Waals surface area contributed by atoms with Crippen molar-refractivity contribution in [2.24, 2.45) is 0 Å². The summed E-state index contributed by atoms with van der Waals surface area (Å²) in [6, 6.07) is 3.13. The van der Waals surface area contributed by atoms with E-state index in [1.165, 1.54) is 25.4 Å². The van der Waals surface area contributed by atoms with Gasteiger partial charge in [-0.25, -0.2) is 22.7 Å². The summed E-state index contributed by atoms with van der Waals surface area (Å²) >= 11 is 2.10. The van der Waals surface area contributed by atoms with Crippen molar-refractivity contribution >= 4 is 44.6 Å². The van der Waals surface area contributed by atoms with E-state index in [4.69, 9.17) is 0 Å². The Balaban J connectivity index is 2.52. The summed E-state index contributed by atoms with van der Waals surface area (Å²) in [4.78, 5) is 24.8. The third-order valence-corrected chi connectivity index (χ3v) is 7.81. The summed E-state index contributed by atoms with van der Waals surface area (Å²) < 4.78 is 37.2. The van der Waals surface area contributed by atoms with E-state index in [0.29, 0.717) is 11.3 Å². The maximum Gasteiger partial charge on any atom is 0.348 e. The Morgan fingerprint density at radius 3 is 2.36 bits per heavy atom. The Morgan fingerprint density at radius 1 is 1.20 bits per heavy atom. The fourth-order valence-corrected chi connectivity index (χ4v) is 5.98. The number of ether oxygens (including phenoxy) is 2. The number of nitrogens with one attached hydrogen (secondary N) is 1. The maximum absolute atomic E-state index is 12.8. The maximum atomic E-state index is 12.8. The lowest BCUT2D eigenvalue weighted by atomic mass is 10.2. The number of methoxy groups -OCH3 is 2. The molecule has 2 aromatic rings. The summed E-state index contributed by atoms with van der Waals surface area (Å²) in [6.45, 7) is 3.18. The summed E-state index contributed by atoms with van der Waals surface area (Å²) in [5, 5.41) is 1.84. The van der Waals surface area contributed by atoms with E-state index < -0.39 is 28.0 Å². The van der Waals surface area contributed by atoms with Gasteiger partial charge in [0.05, 0.1) is 25.8 Å². The molecule has 2 heterocycles. The highest BCUT2D eigenvalue weighted by atomic mass is 32.2. The highest BCUT2D eigenvalue weighted by molar-refractivity contribution is 7.91. The number of hydrogen-bond donors (Lipinski definition) is 1. The van der Waals surface area contributed by atoms with Crippen LogP contribution in [0.2, 0.25) is 0 Å². The van der Waals surface area contributed by atoms with Crippen molar-refractivity contribution in [2.75, 3.05) is 14.2 Å². The third kappa shape index (κ3) is 3.92. The van der Waals surface area contributed by atoms with Crippen LogP contribution in [-0.4, -0.2) is 34.6 Å². The molecule has 2 aromatic heterocycles. The van der Waals surface area contributed by atoms with E-state index in [0.717, 1.165) is 12.0 Å². The van der Waals surface area contributed by atoms with Gasteiger partial charge in [-0.15, -0.1) is 22.7 Å². The van der Waals surface area contributed by atoms with E-state index >= 15 is 0 Å². The largest absolute Gasteiger partial charge is 0.465 e. The zero-order chi connectivity index (χ0) is 18.8. The minimum Gasteiger partial charge on any atom is -0.465 e. The topological polar surface area (TPSA) is 98.8 Å². The molecule has 25 heavy (non-hydrogen) atoms. The lowest BCUT2D eigenvalue weighted by Gasteiger charge is -2.12. The van der Waals surface area contributed by atoms with E-state index in [1.54, 1.807) is 13.0 Å². The van der Waals surface area contributed by atoms with Crippen LogP contribution in [0.1, 0.15) is 43.4 Å². The van der Waals surface area contributed by atoms with Gasteiger partial charge in [0.1, 0.15) is 4.88 Å². The average molecular weight is 404 g/mol. The second-order valence-electron chi connectivity index (χ2n) is 5.06. The Bertz CT molecular complexity index is 883. The molecule has 0 radical (unpaired) electrons. The predicted molar refractivity (Wildman–Crippen MR) is 94.8 cm³/mol. The highest BCUT2D eigenvalue weighted by Crippen LogP contribution is 2.34. The van der Waals surface area contributed by atoms with Crippen molar-refractivity contribution < 1.29 is 27.5 Å². The van der Waals surface area contributed by atoms with Crippen LogP contribution in [0.15, 0.2) is 21.7 Å². The van der Waals surface area contributed by atoms with Crippen LogP contribution in [0.5, 0.6) is 0 Å². The molecule has 1 N–H and O–H groups in total. The van der Waals surface area contributed by atoms with Crippen LogP contribution in [-0.2, 0) is 19.5 Å². The Hall–Kier alpha value is -1.75. The van der Waals surface area contributed by atoms with Gasteiger partial charge in [0.15, 0.2) is 4.21 Å². The minimum absolute atomic E-state index is 0.0482. The number of hydrogen-bond acceptors (Lipinski definition) is 8. The first-order valence-corrected chi connectivity index (χ1v) is 10.3. The molecule has 136 valence electrons. The number of carbonyl (C=O) groups excluding carboxylic acids is 2. The van der Waals surface area contributed by atoms with Crippen molar-refractivity contribution in [3.05, 3.63) is 38.4 Å². The zero-order valence-corrected chi connectivity index (χ0v) is 16.4. The quantitative estimate of drug-likeness (QED) is 0.745. The van der Waals surface area contributed by atoms with Gasteiger partial charge in [-0.3, -0.25) is 0 Å². The van der Waals surface area contributed by atoms with Crippen LogP contribution in [0.25, 0.3) is 0 Å². The van der Waals surface area contributed by atoms with Gasteiger partial charge < -0.3 is 9.47 Å². The van der Waals surface area contributed by atoms with Gasteiger partial charge in [-0.1, -0.05) is 6.07 Å². The first-order chi connectivity index (χ1) is 11.7. The molecule has 2 rings (SSSR count). The SMILES string of the molecule is COC(=O)c1sc(S(=O)(=O)N[C@H](C)c2cccs2)c(C(=O)OC)c1C. The second-order valence-corrected chi connectivity index (χ2v) is 8.97. The van der Waals surface area contributed by atoms with Gasteiger partial charge >= 0.3 is 11.9 Å². The van der Waals surface area contributed by atoms with E-state index in [1.807, 2.05) is 11.4 Å². The van der Waals surface area contributed by atoms with Crippen molar-refractivity contribution in [2.45, 2.75) is 24.1 Å². The highest BCUT2D eigenvalue weighted by Gasteiger charge is 2.33. The molecular weight excluding hydrogens is 386 g/mol. The van der Waals surface area contributed by atoms with Gasteiger partial charge in [-0.2, -0.15) is 0 Å². The fraction of sp³-hybridized carbons (Fsp3) is 0.333. The third-order valence-electron chi connectivity index (χ3n) is 3.42. The lowest BCUT2D eigenvalue weighted by Crippen LogP contribution is -2.27.